The Hall–Kier alpha value is -2.09. The highest BCUT2D eigenvalue weighted by Gasteiger charge is 2.35. The predicted molar refractivity (Wildman–Crippen MR) is 73.6 cm³/mol. The molecular formula is C13H20N4O4. The molecule has 21 heavy (non-hydrogen) atoms. The zero-order valence-corrected chi connectivity index (χ0v) is 11.8. The molecule has 8 heteroatoms. The number of aromatic nitrogens is 2. The number of hydrogen-bond acceptors (Lipinski definition) is 4. The fourth-order valence-corrected chi connectivity index (χ4v) is 2.59. The summed E-state index contributed by atoms with van der Waals surface area (Å²) in [4.78, 5) is 31.6. The van der Waals surface area contributed by atoms with E-state index in [1.165, 1.54) is 17.4 Å². The standard InChI is InChI=1S/C13H20N4O4/c1-8-2-3-17(11(8)6-18)13(21)16-10(12(19)20)4-9-5-14-7-15-9/h5,7-8,10-11,18H,2-4,6H2,1H3,(H,14,15)(H,16,21)(H,19,20). The average Bonchev–Trinajstić information content (AvgIpc) is 3.06. The minimum atomic E-state index is -1.11. The molecule has 0 bridgehead atoms. The molecule has 0 saturated carbocycles. The van der Waals surface area contributed by atoms with Crippen LogP contribution >= 0.6 is 0 Å². The smallest absolute Gasteiger partial charge is 0.326 e. The van der Waals surface area contributed by atoms with Crippen LogP contribution in [0.25, 0.3) is 0 Å². The van der Waals surface area contributed by atoms with Crippen molar-refractivity contribution in [3.8, 4) is 0 Å². The number of imidazole rings is 1. The topological polar surface area (TPSA) is 119 Å². The number of nitrogens with zero attached hydrogens (tertiary/aromatic N) is 2. The van der Waals surface area contributed by atoms with Crippen LogP contribution in [0.3, 0.4) is 0 Å². The number of hydrogen-bond donors (Lipinski definition) is 4. The summed E-state index contributed by atoms with van der Waals surface area (Å²) in [6.07, 6.45) is 3.92. The molecule has 0 spiro atoms. The molecule has 8 nitrogen and oxygen atoms in total. The van der Waals surface area contributed by atoms with E-state index < -0.39 is 18.0 Å². The normalized spacial score (nSPS) is 23.0. The first-order valence-electron chi connectivity index (χ1n) is 6.91. The van der Waals surface area contributed by atoms with Crippen LogP contribution in [-0.4, -0.2) is 62.3 Å². The largest absolute Gasteiger partial charge is 0.480 e. The summed E-state index contributed by atoms with van der Waals surface area (Å²) >= 11 is 0. The third kappa shape index (κ3) is 3.52. The van der Waals surface area contributed by atoms with Gasteiger partial charge in [-0.15, -0.1) is 0 Å². The molecule has 1 saturated heterocycles. The van der Waals surface area contributed by atoms with E-state index in [4.69, 9.17) is 0 Å². The van der Waals surface area contributed by atoms with Gasteiger partial charge in [-0.1, -0.05) is 6.92 Å². The molecule has 116 valence electrons. The predicted octanol–water partition coefficient (Wildman–Crippen LogP) is -0.182. The van der Waals surface area contributed by atoms with Gasteiger partial charge in [0.25, 0.3) is 0 Å². The fourth-order valence-electron chi connectivity index (χ4n) is 2.59. The minimum Gasteiger partial charge on any atom is -0.480 e. The fraction of sp³-hybridized carbons (Fsp3) is 0.615. The van der Waals surface area contributed by atoms with E-state index in [9.17, 15) is 19.8 Å². The highest BCUT2D eigenvalue weighted by molar-refractivity contribution is 5.83. The summed E-state index contributed by atoms with van der Waals surface area (Å²) in [6.45, 7) is 2.37. The van der Waals surface area contributed by atoms with Gasteiger partial charge in [0.05, 0.1) is 19.0 Å². The molecule has 2 amide bonds. The molecule has 1 aliphatic rings. The second-order valence-electron chi connectivity index (χ2n) is 5.33. The van der Waals surface area contributed by atoms with Gasteiger partial charge in [-0.3, -0.25) is 0 Å². The maximum absolute atomic E-state index is 12.2. The molecule has 0 aromatic carbocycles. The van der Waals surface area contributed by atoms with E-state index in [1.807, 2.05) is 6.92 Å². The summed E-state index contributed by atoms with van der Waals surface area (Å²) in [5.74, 6) is -0.901. The van der Waals surface area contributed by atoms with Crippen LogP contribution in [0.1, 0.15) is 19.0 Å². The molecule has 2 rings (SSSR count). The number of H-pyrrole nitrogens is 1. The lowest BCUT2D eigenvalue weighted by molar-refractivity contribution is -0.139. The molecule has 1 fully saturated rings. The number of carboxylic acid groups (broad SMARTS) is 1. The van der Waals surface area contributed by atoms with E-state index in [2.05, 4.69) is 15.3 Å². The van der Waals surface area contributed by atoms with Crippen LogP contribution in [0.2, 0.25) is 0 Å². The monoisotopic (exact) mass is 296 g/mol. The zero-order chi connectivity index (χ0) is 15.4. The molecule has 0 aliphatic carbocycles. The van der Waals surface area contributed by atoms with E-state index >= 15 is 0 Å². The first kappa shape index (κ1) is 15.3. The molecule has 1 aromatic rings. The zero-order valence-electron chi connectivity index (χ0n) is 11.8. The second kappa shape index (κ2) is 6.57. The van der Waals surface area contributed by atoms with E-state index in [1.54, 1.807) is 0 Å². The number of likely N-dealkylation sites (tertiary alicyclic amines) is 1. The number of carboxylic acids is 1. The van der Waals surface area contributed by atoms with Crippen molar-refractivity contribution in [3.63, 3.8) is 0 Å². The van der Waals surface area contributed by atoms with Gasteiger partial charge in [-0.05, 0) is 12.3 Å². The van der Waals surface area contributed by atoms with Gasteiger partial charge in [-0.2, -0.15) is 0 Å². The summed E-state index contributed by atoms with van der Waals surface area (Å²) in [6, 6.07) is -1.75. The van der Waals surface area contributed by atoms with Gasteiger partial charge in [0.1, 0.15) is 6.04 Å². The van der Waals surface area contributed by atoms with Crippen LogP contribution in [0, 0.1) is 5.92 Å². The Morgan fingerprint density at radius 1 is 1.62 bits per heavy atom. The lowest BCUT2D eigenvalue weighted by atomic mass is 10.0. The van der Waals surface area contributed by atoms with E-state index in [0.717, 1.165) is 6.42 Å². The summed E-state index contributed by atoms with van der Waals surface area (Å²) < 4.78 is 0. The lowest BCUT2D eigenvalue weighted by Crippen LogP contribution is -2.51. The van der Waals surface area contributed by atoms with Crippen molar-refractivity contribution >= 4 is 12.0 Å². The number of urea groups is 1. The summed E-state index contributed by atoms with van der Waals surface area (Å²) in [5.41, 5.74) is 0.635. The Morgan fingerprint density at radius 3 is 2.95 bits per heavy atom. The Labute approximate surface area is 122 Å². The first-order valence-corrected chi connectivity index (χ1v) is 6.91. The SMILES string of the molecule is CC1CCN(C(=O)NC(Cc2cnc[nH]2)C(=O)O)C1CO. The maximum Gasteiger partial charge on any atom is 0.326 e. The second-order valence-corrected chi connectivity index (χ2v) is 5.33. The molecule has 3 unspecified atom stereocenters. The van der Waals surface area contributed by atoms with Crippen molar-refractivity contribution in [3.05, 3.63) is 18.2 Å². The Kier molecular flexibility index (Phi) is 4.79. The van der Waals surface area contributed by atoms with E-state index in [-0.39, 0.29) is 25.0 Å². The summed E-state index contributed by atoms with van der Waals surface area (Å²) in [7, 11) is 0. The van der Waals surface area contributed by atoms with Crippen LogP contribution < -0.4 is 5.32 Å². The van der Waals surface area contributed by atoms with Gasteiger partial charge >= 0.3 is 12.0 Å². The number of aliphatic hydroxyl groups excluding tert-OH is 1. The lowest BCUT2D eigenvalue weighted by Gasteiger charge is -2.27. The molecule has 0 radical (unpaired) electrons. The maximum atomic E-state index is 12.2. The van der Waals surface area contributed by atoms with Crippen LogP contribution in [0.15, 0.2) is 12.5 Å². The number of aliphatic carboxylic acids is 1. The van der Waals surface area contributed by atoms with Crippen molar-refractivity contribution < 1.29 is 19.8 Å². The van der Waals surface area contributed by atoms with Gasteiger partial charge in [-0.25, -0.2) is 14.6 Å². The van der Waals surface area contributed by atoms with Crippen molar-refractivity contribution in [2.24, 2.45) is 5.92 Å². The number of rotatable bonds is 5. The van der Waals surface area contributed by atoms with Crippen LogP contribution in [0.4, 0.5) is 4.79 Å². The third-order valence-corrected chi connectivity index (χ3v) is 3.91. The highest BCUT2D eigenvalue weighted by atomic mass is 16.4. The minimum absolute atomic E-state index is 0.118. The number of carbonyl (C=O) groups excluding carboxylic acids is 1. The van der Waals surface area contributed by atoms with E-state index in [0.29, 0.717) is 12.2 Å². The molecule has 3 atom stereocenters. The quantitative estimate of drug-likeness (QED) is 0.601. The first-order chi connectivity index (χ1) is 10.0. The highest BCUT2D eigenvalue weighted by Crippen LogP contribution is 2.23. The van der Waals surface area contributed by atoms with Gasteiger partial charge in [0.2, 0.25) is 0 Å². The molecule has 1 aromatic heterocycles. The molecule has 2 heterocycles. The van der Waals surface area contributed by atoms with Crippen molar-refractivity contribution in [1.29, 1.82) is 0 Å². The number of amides is 2. The third-order valence-electron chi connectivity index (χ3n) is 3.91. The average molecular weight is 296 g/mol. The summed E-state index contributed by atoms with van der Waals surface area (Å²) in [5, 5.41) is 21.1. The Morgan fingerprint density at radius 2 is 2.38 bits per heavy atom. The van der Waals surface area contributed by atoms with Crippen molar-refractivity contribution in [1.82, 2.24) is 20.2 Å². The van der Waals surface area contributed by atoms with Crippen LogP contribution in [-0.2, 0) is 11.2 Å². The number of nitrogens with one attached hydrogen (secondary N) is 2. The van der Waals surface area contributed by atoms with Gasteiger partial charge in [0, 0.05) is 24.9 Å². The Balaban J connectivity index is 2.00. The number of aliphatic hydroxyl groups is 1. The number of carbonyl (C=O) groups is 2. The Bertz CT molecular complexity index is 490. The van der Waals surface area contributed by atoms with Crippen LogP contribution in [0.5, 0.6) is 0 Å². The number of aromatic amines is 1. The van der Waals surface area contributed by atoms with Gasteiger partial charge < -0.3 is 25.4 Å². The molecule has 4 N–H and O–H groups in total. The molecule has 1 aliphatic heterocycles. The van der Waals surface area contributed by atoms with Crippen molar-refractivity contribution in [2.45, 2.75) is 31.8 Å². The molecular weight excluding hydrogens is 276 g/mol. The van der Waals surface area contributed by atoms with Gasteiger partial charge in [0.15, 0.2) is 0 Å². The van der Waals surface area contributed by atoms with Crippen molar-refractivity contribution in [2.75, 3.05) is 13.2 Å².